The molecular formula is C22H25NO3. The number of carboxylic acid groups (broad SMARTS) is 1. The van der Waals surface area contributed by atoms with E-state index in [1.165, 1.54) is 19.3 Å². The first kappa shape index (κ1) is 18.2. The van der Waals surface area contributed by atoms with Gasteiger partial charge in [-0.25, -0.2) is 4.79 Å². The molecule has 26 heavy (non-hydrogen) atoms. The summed E-state index contributed by atoms with van der Waals surface area (Å²) in [4.78, 5) is 23.8. The number of aromatic carboxylic acids is 1. The van der Waals surface area contributed by atoms with Crippen LogP contribution in [0.25, 0.3) is 0 Å². The Labute approximate surface area is 154 Å². The molecule has 3 rings (SSSR count). The highest BCUT2D eigenvalue weighted by Crippen LogP contribution is 2.34. The fourth-order valence-electron chi connectivity index (χ4n) is 3.49. The number of hydrogen-bond donors (Lipinski definition) is 2. The van der Waals surface area contributed by atoms with Crippen molar-refractivity contribution in [2.24, 2.45) is 5.92 Å². The largest absolute Gasteiger partial charge is 0.478 e. The lowest BCUT2D eigenvalue weighted by Crippen LogP contribution is -2.31. The van der Waals surface area contributed by atoms with Crippen LogP contribution in [0, 0.1) is 5.92 Å². The van der Waals surface area contributed by atoms with Gasteiger partial charge >= 0.3 is 5.97 Å². The maximum atomic E-state index is 12.5. The average molecular weight is 351 g/mol. The van der Waals surface area contributed by atoms with E-state index in [2.05, 4.69) is 17.4 Å². The van der Waals surface area contributed by atoms with Crippen LogP contribution in [0.1, 0.15) is 59.6 Å². The smallest absolute Gasteiger partial charge is 0.335 e. The first-order chi connectivity index (χ1) is 12.6. The van der Waals surface area contributed by atoms with Gasteiger partial charge in [0.15, 0.2) is 0 Å². The molecule has 1 aliphatic carbocycles. The summed E-state index contributed by atoms with van der Waals surface area (Å²) in [6.45, 7) is 0. The predicted molar refractivity (Wildman–Crippen MR) is 101 cm³/mol. The number of amides is 1. The first-order valence-corrected chi connectivity index (χ1v) is 9.29. The summed E-state index contributed by atoms with van der Waals surface area (Å²) in [5.41, 5.74) is 2.11. The van der Waals surface area contributed by atoms with Gasteiger partial charge in [0.1, 0.15) is 0 Å². The molecule has 2 aromatic rings. The molecule has 1 atom stereocenters. The van der Waals surface area contributed by atoms with Crippen LogP contribution in [0.4, 0.5) is 0 Å². The number of rotatable bonds is 8. The molecule has 1 amide bonds. The predicted octanol–water partition coefficient (Wildman–Crippen LogP) is 4.37. The second kappa shape index (κ2) is 8.65. The maximum Gasteiger partial charge on any atom is 0.335 e. The standard InChI is InChI=1S/C22H25NO3/c24-21(14-13-17-9-4-5-12-19(17)22(25)26)23-20(15-16-7-6-8-16)18-10-2-1-3-11-18/h1-5,9-12,16,20H,6-8,13-15H2,(H,23,24)(H,25,26). The molecule has 4 heteroatoms. The molecule has 1 saturated carbocycles. The van der Waals surface area contributed by atoms with E-state index in [-0.39, 0.29) is 23.9 Å². The highest BCUT2D eigenvalue weighted by Gasteiger charge is 2.24. The van der Waals surface area contributed by atoms with Crippen LogP contribution in [0.5, 0.6) is 0 Å². The summed E-state index contributed by atoms with van der Waals surface area (Å²) in [5, 5.41) is 12.4. The third kappa shape index (κ3) is 4.72. The zero-order chi connectivity index (χ0) is 18.4. The van der Waals surface area contributed by atoms with E-state index < -0.39 is 5.97 Å². The van der Waals surface area contributed by atoms with Gasteiger partial charge in [-0.05, 0) is 36.0 Å². The molecule has 2 aromatic carbocycles. The van der Waals surface area contributed by atoms with Gasteiger partial charge in [-0.1, -0.05) is 67.8 Å². The van der Waals surface area contributed by atoms with Gasteiger partial charge in [0, 0.05) is 6.42 Å². The molecule has 0 radical (unpaired) electrons. The number of carbonyl (C=O) groups excluding carboxylic acids is 1. The van der Waals surface area contributed by atoms with Crippen molar-refractivity contribution >= 4 is 11.9 Å². The zero-order valence-electron chi connectivity index (χ0n) is 14.9. The van der Waals surface area contributed by atoms with Crippen LogP contribution < -0.4 is 5.32 Å². The van der Waals surface area contributed by atoms with Crippen molar-refractivity contribution in [2.75, 3.05) is 0 Å². The fraction of sp³-hybridized carbons (Fsp3) is 0.364. The molecule has 0 spiro atoms. The zero-order valence-corrected chi connectivity index (χ0v) is 14.9. The van der Waals surface area contributed by atoms with Crippen LogP contribution >= 0.6 is 0 Å². The van der Waals surface area contributed by atoms with Crippen molar-refractivity contribution in [3.8, 4) is 0 Å². The molecule has 0 saturated heterocycles. The van der Waals surface area contributed by atoms with Crippen molar-refractivity contribution in [1.82, 2.24) is 5.32 Å². The Hall–Kier alpha value is -2.62. The molecule has 0 heterocycles. The van der Waals surface area contributed by atoms with Gasteiger partial charge in [-0.2, -0.15) is 0 Å². The third-order valence-corrected chi connectivity index (χ3v) is 5.20. The third-order valence-electron chi connectivity index (χ3n) is 5.20. The molecule has 0 aromatic heterocycles. The highest BCUT2D eigenvalue weighted by molar-refractivity contribution is 5.89. The summed E-state index contributed by atoms with van der Waals surface area (Å²) < 4.78 is 0. The summed E-state index contributed by atoms with van der Waals surface area (Å²) in [6.07, 6.45) is 5.46. The van der Waals surface area contributed by atoms with Crippen LogP contribution in [0.15, 0.2) is 54.6 Å². The van der Waals surface area contributed by atoms with Gasteiger partial charge in [0.05, 0.1) is 11.6 Å². The molecule has 1 unspecified atom stereocenters. The van der Waals surface area contributed by atoms with Crippen LogP contribution in [0.2, 0.25) is 0 Å². The number of aryl methyl sites for hydroxylation is 1. The van der Waals surface area contributed by atoms with Crippen molar-refractivity contribution < 1.29 is 14.7 Å². The topological polar surface area (TPSA) is 66.4 Å². The first-order valence-electron chi connectivity index (χ1n) is 9.29. The molecule has 0 aliphatic heterocycles. The monoisotopic (exact) mass is 351 g/mol. The van der Waals surface area contributed by atoms with Crippen LogP contribution in [-0.4, -0.2) is 17.0 Å². The second-order valence-corrected chi connectivity index (χ2v) is 7.03. The Bertz CT molecular complexity index is 753. The van der Waals surface area contributed by atoms with E-state index in [0.29, 0.717) is 17.9 Å². The molecule has 0 bridgehead atoms. The van der Waals surface area contributed by atoms with Crippen molar-refractivity contribution in [3.63, 3.8) is 0 Å². The van der Waals surface area contributed by atoms with E-state index in [0.717, 1.165) is 12.0 Å². The molecule has 1 fully saturated rings. The fourth-order valence-corrected chi connectivity index (χ4v) is 3.49. The van der Waals surface area contributed by atoms with E-state index in [9.17, 15) is 14.7 Å². The van der Waals surface area contributed by atoms with Crippen LogP contribution in [0.3, 0.4) is 0 Å². The molecule has 136 valence electrons. The number of nitrogens with one attached hydrogen (secondary N) is 1. The minimum absolute atomic E-state index is 0.0293. The Morgan fingerprint density at radius 2 is 1.73 bits per heavy atom. The normalized spacial score (nSPS) is 15.1. The quantitative estimate of drug-likeness (QED) is 0.742. The van der Waals surface area contributed by atoms with E-state index >= 15 is 0 Å². The van der Waals surface area contributed by atoms with Gasteiger partial charge in [-0.15, -0.1) is 0 Å². The van der Waals surface area contributed by atoms with Crippen LogP contribution in [-0.2, 0) is 11.2 Å². The maximum absolute atomic E-state index is 12.5. The SMILES string of the molecule is O=C(CCc1ccccc1C(=O)O)NC(CC1CCC1)c1ccccc1. The Morgan fingerprint density at radius 1 is 1.04 bits per heavy atom. The van der Waals surface area contributed by atoms with Gasteiger partial charge in [0.25, 0.3) is 0 Å². The number of benzene rings is 2. The molecule has 1 aliphatic rings. The summed E-state index contributed by atoms with van der Waals surface area (Å²) in [5.74, 6) is -0.292. The highest BCUT2D eigenvalue weighted by atomic mass is 16.4. The Morgan fingerprint density at radius 3 is 2.38 bits per heavy atom. The molecule has 2 N–H and O–H groups in total. The van der Waals surface area contributed by atoms with Crippen molar-refractivity contribution in [3.05, 3.63) is 71.3 Å². The Kier molecular flexibility index (Phi) is 6.05. The number of carboxylic acids is 1. The Balaban J connectivity index is 1.62. The summed E-state index contributed by atoms with van der Waals surface area (Å²) in [7, 11) is 0. The van der Waals surface area contributed by atoms with Crippen molar-refractivity contribution in [1.29, 1.82) is 0 Å². The lowest BCUT2D eigenvalue weighted by atomic mass is 9.79. The lowest BCUT2D eigenvalue weighted by molar-refractivity contribution is -0.122. The minimum atomic E-state index is -0.951. The van der Waals surface area contributed by atoms with Gasteiger partial charge < -0.3 is 10.4 Å². The van der Waals surface area contributed by atoms with E-state index in [4.69, 9.17) is 0 Å². The van der Waals surface area contributed by atoms with E-state index in [1.54, 1.807) is 18.2 Å². The van der Waals surface area contributed by atoms with Crippen molar-refractivity contribution in [2.45, 2.75) is 44.6 Å². The number of carbonyl (C=O) groups is 2. The molecular weight excluding hydrogens is 326 g/mol. The minimum Gasteiger partial charge on any atom is -0.478 e. The second-order valence-electron chi connectivity index (χ2n) is 7.03. The molecule has 4 nitrogen and oxygen atoms in total. The van der Waals surface area contributed by atoms with Gasteiger partial charge in [-0.3, -0.25) is 4.79 Å². The van der Waals surface area contributed by atoms with E-state index in [1.807, 2.05) is 24.3 Å². The summed E-state index contributed by atoms with van der Waals surface area (Å²) in [6, 6.07) is 17.0. The van der Waals surface area contributed by atoms with Gasteiger partial charge in [0.2, 0.25) is 5.91 Å². The number of hydrogen-bond acceptors (Lipinski definition) is 2. The summed E-state index contributed by atoms with van der Waals surface area (Å²) >= 11 is 0. The lowest BCUT2D eigenvalue weighted by Gasteiger charge is -2.30. The average Bonchev–Trinajstić information content (AvgIpc) is 2.62.